The Morgan fingerprint density at radius 2 is 1.90 bits per heavy atom. The van der Waals surface area contributed by atoms with Crippen molar-refractivity contribution in [2.24, 2.45) is 0 Å². The largest absolute Gasteiger partial charge is 0.302 e. The summed E-state index contributed by atoms with van der Waals surface area (Å²) in [4.78, 5) is 5.36. The van der Waals surface area contributed by atoms with E-state index in [1.165, 1.54) is 63.7 Å². The first kappa shape index (κ1) is 14.1. The molecule has 1 atom stereocenters. The van der Waals surface area contributed by atoms with E-state index < -0.39 is 0 Å². The van der Waals surface area contributed by atoms with E-state index in [1.807, 2.05) is 0 Å². The van der Waals surface area contributed by atoms with Gasteiger partial charge in [0.15, 0.2) is 0 Å². The lowest BCUT2D eigenvalue weighted by Gasteiger charge is -2.44. The average Bonchev–Trinajstić information content (AvgIpc) is 2.44. The van der Waals surface area contributed by atoms with Crippen LogP contribution >= 0.6 is 0 Å². The first-order valence-electron chi connectivity index (χ1n) is 8.31. The molecule has 2 aliphatic rings. The third kappa shape index (κ3) is 3.42. The topological polar surface area (TPSA) is 6.48 Å². The molecule has 0 spiro atoms. The van der Waals surface area contributed by atoms with Gasteiger partial charge in [-0.25, -0.2) is 0 Å². The van der Waals surface area contributed by atoms with Crippen LogP contribution in [0.5, 0.6) is 0 Å². The summed E-state index contributed by atoms with van der Waals surface area (Å²) in [6.07, 6.45) is 8.29. The van der Waals surface area contributed by atoms with E-state index in [4.69, 9.17) is 0 Å². The Morgan fingerprint density at radius 1 is 1.10 bits per heavy atom. The van der Waals surface area contributed by atoms with Crippen molar-refractivity contribution >= 4 is 0 Å². The van der Waals surface area contributed by atoms with E-state index in [9.17, 15) is 0 Å². The van der Waals surface area contributed by atoms with Gasteiger partial charge < -0.3 is 4.90 Å². The SMILES string of the molecule is CN(CCc1ccccc1)[C@H]1CCCN(C2CCC2)C1. The summed E-state index contributed by atoms with van der Waals surface area (Å²) in [7, 11) is 2.32. The molecule has 1 aromatic carbocycles. The van der Waals surface area contributed by atoms with Crippen LogP contribution < -0.4 is 0 Å². The maximum Gasteiger partial charge on any atom is 0.0220 e. The van der Waals surface area contributed by atoms with Gasteiger partial charge >= 0.3 is 0 Å². The van der Waals surface area contributed by atoms with E-state index in [2.05, 4.69) is 47.2 Å². The lowest BCUT2D eigenvalue weighted by molar-refractivity contribution is 0.0537. The van der Waals surface area contributed by atoms with Gasteiger partial charge in [0.05, 0.1) is 0 Å². The Kier molecular flexibility index (Phi) is 4.74. The van der Waals surface area contributed by atoms with Gasteiger partial charge in [-0.1, -0.05) is 36.8 Å². The van der Waals surface area contributed by atoms with Gasteiger partial charge in [-0.15, -0.1) is 0 Å². The van der Waals surface area contributed by atoms with Crippen molar-refractivity contribution in [3.8, 4) is 0 Å². The van der Waals surface area contributed by atoms with E-state index in [-0.39, 0.29) is 0 Å². The Hall–Kier alpha value is -0.860. The second kappa shape index (κ2) is 6.73. The number of hydrogen-bond donors (Lipinski definition) is 0. The minimum atomic E-state index is 0.771. The van der Waals surface area contributed by atoms with Crippen LogP contribution in [-0.4, -0.2) is 48.6 Å². The quantitative estimate of drug-likeness (QED) is 0.812. The van der Waals surface area contributed by atoms with Gasteiger partial charge in [0.1, 0.15) is 0 Å². The minimum Gasteiger partial charge on any atom is -0.302 e. The maximum absolute atomic E-state index is 2.76. The second-order valence-corrected chi connectivity index (χ2v) is 6.59. The fourth-order valence-corrected chi connectivity index (χ4v) is 3.56. The van der Waals surface area contributed by atoms with E-state index >= 15 is 0 Å². The maximum atomic E-state index is 2.76. The first-order valence-corrected chi connectivity index (χ1v) is 8.31. The van der Waals surface area contributed by atoms with Crippen molar-refractivity contribution in [2.75, 3.05) is 26.7 Å². The highest BCUT2D eigenvalue weighted by Crippen LogP contribution is 2.28. The summed E-state index contributed by atoms with van der Waals surface area (Å²) in [5, 5.41) is 0. The van der Waals surface area contributed by atoms with Gasteiger partial charge in [-0.05, 0) is 51.3 Å². The third-order valence-corrected chi connectivity index (χ3v) is 5.24. The standard InChI is InChI=1S/C18H28N2/c1-19(14-12-16-7-3-2-4-8-16)18-11-6-13-20(15-18)17-9-5-10-17/h2-4,7-8,17-18H,5-6,9-15H2,1H3/t18-/m0/s1. The molecular weight excluding hydrogens is 244 g/mol. The zero-order valence-electron chi connectivity index (χ0n) is 12.8. The molecule has 1 saturated heterocycles. The highest BCUT2D eigenvalue weighted by molar-refractivity contribution is 5.14. The van der Waals surface area contributed by atoms with Crippen LogP contribution in [0, 0.1) is 0 Å². The summed E-state index contributed by atoms with van der Waals surface area (Å²) in [6, 6.07) is 12.6. The molecule has 2 nitrogen and oxygen atoms in total. The molecule has 0 bridgehead atoms. The molecule has 20 heavy (non-hydrogen) atoms. The normalized spacial score (nSPS) is 24.8. The van der Waals surface area contributed by atoms with Gasteiger partial charge in [0.2, 0.25) is 0 Å². The van der Waals surface area contributed by atoms with Crippen molar-refractivity contribution in [3.63, 3.8) is 0 Å². The van der Waals surface area contributed by atoms with Crippen molar-refractivity contribution < 1.29 is 0 Å². The number of likely N-dealkylation sites (N-methyl/N-ethyl adjacent to an activating group) is 1. The van der Waals surface area contributed by atoms with E-state index in [1.54, 1.807) is 0 Å². The molecule has 1 heterocycles. The van der Waals surface area contributed by atoms with Crippen LogP contribution in [0.4, 0.5) is 0 Å². The predicted octanol–water partition coefficient (Wildman–Crippen LogP) is 3.18. The molecule has 2 heteroatoms. The minimum absolute atomic E-state index is 0.771. The molecule has 0 radical (unpaired) electrons. The number of benzene rings is 1. The average molecular weight is 272 g/mol. The Balaban J connectivity index is 1.47. The van der Waals surface area contributed by atoms with Crippen molar-refractivity contribution in [1.82, 2.24) is 9.80 Å². The molecule has 110 valence electrons. The lowest BCUT2D eigenvalue weighted by atomic mass is 9.89. The summed E-state index contributed by atoms with van der Waals surface area (Å²) in [5.74, 6) is 0. The molecule has 0 N–H and O–H groups in total. The van der Waals surface area contributed by atoms with Crippen LogP contribution in [0.1, 0.15) is 37.7 Å². The fraction of sp³-hybridized carbons (Fsp3) is 0.667. The van der Waals surface area contributed by atoms with Crippen molar-refractivity contribution in [1.29, 1.82) is 0 Å². The van der Waals surface area contributed by atoms with E-state index in [0.717, 1.165) is 12.1 Å². The van der Waals surface area contributed by atoms with Crippen molar-refractivity contribution in [3.05, 3.63) is 35.9 Å². The highest BCUT2D eigenvalue weighted by atomic mass is 15.2. The Labute approximate surface area is 123 Å². The highest BCUT2D eigenvalue weighted by Gasteiger charge is 2.30. The second-order valence-electron chi connectivity index (χ2n) is 6.59. The number of piperidine rings is 1. The smallest absolute Gasteiger partial charge is 0.0220 e. The molecule has 1 saturated carbocycles. The van der Waals surface area contributed by atoms with E-state index in [0.29, 0.717) is 0 Å². The summed E-state index contributed by atoms with van der Waals surface area (Å²) >= 11 is 0. The molecule has 1 aliphatic carbocycles. The molecule has 0 aromatic heterocycles. The zero-order chi connectivity index (χ0) is 13.8. The van der Waals surface area contributed by atoms with Crippen LogP contribution in [0.25, 0.3) is 0 Å². The van der Waals surface area contributed by atoms with Crippen LogP contribution in [0.2, 0.25) is 0 Å². The van der Waals surface area contributed by atoms with Gasteiger partial charge in [0, 0.05) is 25.2 Å². The number of hydrogen-bond acceptors (Lipinski definition) is 2. The lowest BCUT2D eigenvalue weighted by Crippen LogP contribution is -2.52. The molecule has 3 rings (SSSR count). The van der Waals surface area contributed by atoms with Crippen LogP contribution in [0.15, 0.2) is 30.3 Å². The summed E-state index contributed by atoms with van der Waals surface area (Å²) in [5.41, 5.74) is 1.46. The predicted molar refractivity (Wildman–Crippen MR) is 85.0 cm³/mol. The summed E-state index contributed by atoms with van der Waals surface area (Å²) in [6.45, 7) is 3.83. The molecule has 0 unspecified atom stereocenters. The molecular formula is C18H28N2. The monoisotopic (exact) mass is 272 g/mol. The molecule has 1 aliphatic heterocycles. The molecule has 2 fully saturated rings. The van der Waals surface area contributed by atoms with Crippen LogP contribution in [0.3, 0.4) is 0 Å². The Bertz CT molecular complexity index is 399. The number of rotatable bonds is 5. The van der Waals surface area contributed by atoms with Crippen LogP contribution in [-0.2, 0) is 6.42 Å². The number of likely N-dealkylation sites (tertiary alicyclic amines) is 1. The molecule has 1 aromatic rings. The Morgan fingerprint density at radius 3 is 2.60 bits per heavy atom. The fourth-order valence-electron chi connectivity index (χ4n) is 3.56. The third-order valence-electron chi connectivity index (χ3n) is 5.24. The van der Waals surface area contributed by atoms with Gasteiger partial charge in [-0.3, -0.25) is 4.90 Å². The summed E-state index contributed by atoms with van der Waals surface area (Å²) < 4.78 is 0. The van der Waals surface area contributed by atoms with Gasteiger partial charge in [0.25, 0.3) is 0 Å². The first-order chi connectivity index (χ1) is 9.83. The zero-order valence-corrected chi connectivity index (χ0v) is 12.8. The number of nitrogens with zero attached hydrogens (tertiary/aromatic N) is 2. The molecule has 0 amide bonds. The van der Waals surface area contributed by atoms with Gasteiger partial charge in [-0.2, -0.15) is 0 Å². The van der Waals surface area contributed by atoms with Crippen molar-refractivity contribution in [2.45, 2.75) is 50.6 Å².